The molecule has 1 heterocycles. The first-order valence-corrected chi connectivity index (χ1v) is 7.08. The van der Waals surface area contributed by atoms with Crippen LogP contribution in [0.15, 0.2) is 30.3 Å². The number of hydrogen-bond donors (Lipinski definition) is 1. The van der Waals surface area contributed by atoms with Crippen molar-refractivity contribution in [1.82, 2.24) is 10.2 Å². The molecule has 0 spiro atoms. The van der Waals surface area contributed by atoms with E-state index < -0.39 is 0 Å². The van der Waals surface area contributed by atoms with Gasteiger partial charge in [0.2, 0.25) is 5.91 Å². The monoisotopic (exact) mass is 260 g/mol. The van der Waals surface area contributed by atoms with Crippen molar-refractivity contribution in [2.24, 2.45) is 5.92 Å². The smallest absolute Gasteiger partial charge is 0.228 e. The van der Waals surface area contributed by atoms with Crippen LogP contribution in [0, 0.1) is 5.92 Å². The second kappa shape index (κ2) is 5.33. The van der Waals surface area contributed by atoms with Crippen LogP contribution in [-0.2, 0) is 4.79 Å². The summed E-state index contributed by atoms with van der Waals surface area (Å²) in [5.41, 5.74) is 1.08. The van der Waals surface area contributed by atoms with E-state index in [1.807, 2.05) is 30.1 Å². The molecule has 2 unspecified atom stereocenters. The number of benzene rings is 1. The second-order valence-electron chi connectivity index (χ2n) is 5.68. The molecule has 0 aromatic heterocycles. The first-order valence-electron chi connectivity index (χ1n) is 7.08. The Morgan fingerprint density at radius 1 is 1.42 bits per heavy atom. The van der Waals surface area contributed by atoms with Gasteiger partial charge in [0.1, 0.15) is 0 Å². The minimum Gasteiger partial charge on any atom is -0.334 e. The Kier molecular flexibility index (Phi) is 3.95. The third-order valence-electron chi connectivity index (χ3n) is 4.58. The summed E-state index contributed by atoms with van der Waals surface area (Å²) in [6.45, 7) is 7.13. The quantitative estimate of drug-likeness (QED) is 0.902. The fourth-order valence-corrected chi connectivity index (χ4v) is 3.13. The van der Waals surface area contributed by atoms with E-state index in [1.165, 1.54) is 5.56 Å². The number of likely N-dealkylation sites (tertiary alicyclic amines) is 1. The van der Waals surface area contributed by atoms with Gasteiger partial charge < -0.3 is 10.2 Å². The minimum absolute atomic E-state index is 0.0728. The van der Waals surface area contributed by atoms with Gasteiger partial charge in [-0.2, -0.15) is 0 Å². The molecule has 0 aliphatic carbocycles. The van der Waals surface area contributed by atoms with Crippen molar-refractivity contribution in [1.29, 1.82) is 0 Å². The fraction of sp³-hybridized carbons (Fsp3) is 0.562. The van der Waals surface area contributed by atoms with E-state index in [2.05, 4.69) is 38.2 Å². The summed E-state index contributed by atoms with van der Waals surface area (Å²) >= 11 is 0. The van der Waals surface area contributed by atoms with Crippen LogP contribution >= 0.6 is 0 Å². The number of nitrogens with zero attached hydrogens (tertiary/aromatic N) is 1. The molecule has 1 aromatic rings. The fourth-order valence-electron chi connectivity index (χ4n) is 3.13. The Hall–Kier alpha value is -1.35. The number of nitrogens with one attached hydrogen (secondary N) is 1. The van der Waals surface area contributed by atoms with Crippen LogP contribution < -0.4 is 5.32 Å². The molecule has 0 bridgehead atoms. The largest absolute Gasteiger partial charge is 0.334 e. The molecule has 0 saturated carbocycles. The van der Waals surface area contributed by atoms with Crippen molar-refractivity contribution in [2.45, 2.75) is 38.8 Å². The van der Waals surface area contributed by atoms with Gasteiger partial charge in [0.25, 0.3) is 0 Å². The predicted molar refractivity (Wildman–Crippen MR) is 77.8 cm³/mol. The van der Waals surface area contributed by atoms with E-state index >= 15 is 0 Å². The van der Waals surface area contributed by atoms with Crippen LogP contribution in [0.1, 0.15) is 38.8 Å². The molecule has 1 fully saturated rings. The zero-order valence-corrected chi connectivity index (χ0v) is 12.3. The summed E-state index contributed by atoms with van der Waals surface area (Å²) in [4.78, 5) is 14.6. The van der Waals surface area contributed by atoms with Crippen LogP contribution in [-0.4, -0.2) is 29.9 Å². The summed E-state index contributed by atoms with van der Waals surface area (Å²) in [5.74, 6) is 0.347. The molecular weight excluding hydrogens is 236 g/mol. The summed E-state index contributed by atoms with van der Waals surface area (Å²) in [7, 11) is 1.95. The summed E-state index contributed by atoms with van der Waals surface area (Å²) in [6.07, 6.45) is 0.883. The second-order valence-corrected chi connectivity index (χ2v) is 5.68. The van der Waals surface area contributed by atoms with Gasteiger partial charge in [-0.25, -0.2) is 0 Å². The molecule has 3 heteroatoms. The maximum Gasteiger partial charge on any atom is 0.228 e. The van der Waals surface area contributed by atoms with E-state index in [4.69, 9.17) is 0 Å². The first kappa shape index (κ1) is 14.1. The van der Waals surface area contributed by atoms with Crippen LogP contribution in [0.25, 0.3) is 0 Å². The summed E-state index contributed by atoms with van der Waals surface area (Å²) in [5, 5.41) is 3.35. The molecule has 1 saturated heterocycles. The molecule has 1 aliphatic heterocycles. The van der Waals surface area contributed by atoms with Gasteiger partial charge in [-0.3, -0.25) is 4.79 Å². The van der Waals surface area contributed by atoms with Gasteiger partial charge in [0.15, 0.2) is 0 Å². The molecular formula is C16H24N2O. The zero-order valence-electron chi connectivity index (χ0n) is 12.3. The molecule has 19 heavy (non-hydrogen) atoms. The zero-order chi connectivity index (χ0) is 14.0. The maximum atomic E-state index is 12.6. The van der Waals surface area contributed by atoms with Crippen molar-refractivity contribution >= 4 is 5.91 Å². The number of carbonyl (C=O) groups excluding carboxylic acids is 1. The maximum absolute atomic E-state index is 12.6. The summed E-state index contributed by atoms with van der Waals surface area (Å²) < 4.78 is 0. The van der Waals surface area contributed by atoms with Gasteiger partial charge in [-0.05, 0) is 32.9 Å². The topological polar surface area (TPSA) is 32.3 Å². The lowest BCUT2D eigenvalue weighted by molar-refractivity contribution is -0.133. The van der Waals surface area contributed by atoms with Gasteiger partial charge in [0.05, 0.1) is 12.0 Å². The van der Waals surface area contributed by atoms with Gasteiger partial charge in [-0.1, -0.05) is 37.3 Å². The molecule has 3 atom stereocenters. The molecule has 104 valence electrons. The molecule has 1 N–H and O–H groups in total. The number of likely N-dealkylation sites (N-methyl/N-ethyl adjacent to an activating group) is 1. The lowest BCUT2D eigenvalue weighted by atomic mass is 9.87. The van der Waals surface area contributed by atoms with Crippen LogP contribution in [0.3, 0.4) is 0 Å². The highest BCUT2D eigenvalue weighted by molar-refractivity contribution is 5.83. The predicted octanol–water partition coefficient (Wildman–Crippen LogP) is 2.59. The van der Waals surface area contributed by atoms with E-state index in [0.717, 1.165) is 13.0 Å². The third kappa shape index (κ3) is 2.39. The van der Waals surface area contributed by atoms with Crippen molar-refractivity contribution in [3.8, 4) is 0 Å². The highest BCUT2D eigenvalue weighted by atomic mass is 16.2. The Balaban J connectivity index is 2.25. The molecule has 2 rings (SSSR count). The van der Waals surface area contributed by atoms with Crippen LogP contribution in [0.2, 0.25) is 0 Å². The average molecular weight is 260 g/mol. The van der Waals surface area contributed by atoms with E-state index in [1.54, 1.807) is 0 Å². The van der Waals surface area contributed by atoms with Crippen molar-refractivity contribution in [2.75, 3.05) is 13.6 Å². The van der Waals surface area contributed by atoms with Crippen molar-refractivity contribution < 1.29 is 4.79 Å². The highest BCUT2D eigenvalue weighted by Gasteiger charge is 2.48. The summed E-state index contributed by atoms with van der Waals surface area (Å²) in [6, 6.07) is 10.4. The number of amides is 1. The Morgan fingerprint density at radius 2 is 2.05 bits per heavy atom. The lowest BCUT2D eigenvalue weighted by Crippen LogP contribution is -2.47. The lowest BCUT2D eigenvalue weighted by Gasteiger charge is -2.29. The van der Waals surface area contributed by atoms with Crippen molar-refractivity contribution in [3.63, 3.8) is 0 Å². The van der Waals surface area contributed by atoms with Gasteiger partial charge in [0, 0.05) is 12.1 Å². The third-order valence-corrected chi connectivity index (χ3v) is 4.58. The highest BCUT2D eigenvalue weighted by Crippen LogP contribution is 2.36. The minimum atomic E-state index is -0.116. The number of rotatable bonds is 4. The Labute approximate surface area is 116 Å². The molecule has 1 aliphatic rings. The molecule has 3 nitrogen and oxygen atoms in total. The SMILES string of the molecule is CCC1C(=O)N([C@H](C)c2ccccc2)CC1(C)NC. The van der Waals surface area contributed by atoms with Gasteiger partial charge >= 0.3 is 0 Å². The Morgan fingerprint density at radius 3 is 2.53 bits per heavy atom. The molecule has 1 amide bonds. The van der Waals surface area contributed by atoms with Crippen LogP contribution in [0.4, 0.5) is 0 Å². The van der Waals surface area contributed by atoms with Crippen molar-refractivity contribution in [3.05, 3.63) is 35.9 Å². The van der Waals surface area contributed by atoms with E-state index in [9.17, 15) is 4.79 Å². The molecule has 0 radical (unpaired) electrons. The standard InChI is InChI=1S/C16H24N2O/c1-5-14-15(19)18(11-16(14,3)17-4)12(2)13-9-7-6-8-10-13/h6-10,12,14,17H,5,11H2,1-4H3/t12-,14?,16?/m1/s1. The average Bonchev–Trinajstić information content (AvgIpc) is 2.71. The number of carbonyl (C=O) groups is 1. The Bertz CT molecular complexity index is 445. The van der Waals surface area contributed by atoms with E-state index in [0.29, 0.717) is 0 Å². The molecule has 1 aromatic carbocycles. The van der Waals surface area contributed by atoms with Gasteiger partial charge in [-0.15, -0.1) is 0 Å². The van der Waals surface area contributed by atoms with Crippen LogP contribution in [0.5, 0.6) is 0 Å². The van der Waals surface area contributed by atoms with E-state index in [-0.39, 0.29) is 23.4 Å². The number of hydrogen-bond acceptors (Lipinski definition) is 2. The normalized spacial score (nSPS) is 28.7. The first-order chi connectivity index (χ1) is 9.03.